The van der Waals surface area contributed by atoms with Gasteiger partial charge in [-0.05, 0) is 47.5 Å². The van der Waals surface area contributed by atoms with Gasteiger partial charge in [0.25, 0.3) is 0 Å². The van der Waals surface area contributed by atoms with Gasteiger partial charge in [-0.15, -0.1) is 0 Å². The van der Waals surface area contributed by atoms with Crippen LogP contribution in [0.3, 0.4) is 0 Å². The van der Waals surface area contributed by atoms with E-state index in [1.807, 2.05) is 0 Å². The lowest BCUT2D eigenvalue weighted by molar-refractivity contribution is -0.120. The van der Waals surface area contributed by atoms with Crippen LogP contribution >= 0.6 is 15.9 Å². The normalized spacial score (nSPS) is 12.9. The summed E-state index contributed by atoms with van der Waals surface area (Å²) in [5.74, 6) is -0.533. The second-order valence-corrected chi connectivity index (χ2v) is 7.61. The first-order chi connectivity index (χ1) is 9.80. The molecule has 0 bridgehead atoms. The summed E-state index contributed by atoms with van der Waals surface area (Å²) in [6, 6.07) is 4.38. The maximum atomic E-state index is 12.4. The van der Waals surface area contributed by atoms with Crippen LogP contribution in [0.15, 0.2) is 27.6 Å². The summed E-state index contributed by atoms with van der Waals surface area (Å²) >= 11 is 3.17. The van der Waals surface area contributed by atoms with Crippen LogP contribution in [0, 0.1) is 0 Å². The molecule has 0 heterocycles. The number of hydrogen-bond acceptors (Lipinski definition) is 5. The number of carbonyl (C=O) groups is 1. The number of hydrogen-bond donors (Lipinski definition) is 2. The number of halogens is 1. The number of rotatable bonds is 7. The molecule has 21 heavy (non-hydrogen) atoms. The Labute approximate surface area is 133 Å². The zero-order chi connectivity index (χ0) is 16.0. The van der Waals surface area contributed by atoms with Crippen molar-refractivity contribution in [1.29, 1.82) is 0 Å². The highest BCUT2D eigenvalue weighted by Gasteiger charge is 2.31. The lowest BCUT2D eigenvalue weighted by Gasteiger charge is -2.14. The second-order valence-electron chi connectivity index (χ2n) is 4.51. The number of sulfone groups is 1. The molecule has 0 spiro atoms. The molecule has 0 aliphatic heterocycles. The van der Waals surface area contributed by atoms with Crippen LogP contribution in [0.2, 0.25) is 0 Å². The third-order valence-electron chi connectivity index (χ3n) is 2.92. The highest BCUT2D eigenvalue weighted by atomic mass is 79.9. The van der Waals surface area contributed by atoms with E-state index in [9.17, 15) is 13.2 Å². The van der Waals surface area contributed by atoms with Crippen molar-refractivity contribution in [3.63, 3.8) is 0 Å². The number of anilines is 1. The Bertz CT molecular complexity index is 604. The molecule has 8 heteroatoms. The van der Waals surface area contributed by atoms with Gasteiger partial charge in [-0.25, -0.2) is 8.42 Å². The van der Waals surface area contributed by atoms with Crippen LogP contribution in [0.25, 0.3) is 0 Å². The lowest BCUT2D eigenvalue weighted by Crippen LogP contribution is -2.38. The van der Waals surface area contributed by atoms with Crippen LogP contribution < -0.4 is 11.1 Å². The third-order valence-corrected chi connectivity index (χ3v) is 5.95. The van der Waals surface area contributed by atoms with E-state index in [2.05, 4.69) is 21.2 Å². The molecular weight excluding hydrogens is 360 g/mol. The summed E-state index contributed by atoms with van der Waals surface area (Å²) in [5.41, 5.74) is 6.03. The molecule has 0 fully saturated rings. The Morgan fingerprint density at radius 2 is 2.14 bits per heavy atom. The van der Waals surface area contributed by atoms with Gasteiger partial charge in [0.2, 0.25) is 5.91 Å². The molecule has 0 saturated heterocycles. The molecule has 0 saturated carbocycles. The minimum absolute atomic E-state index is 0.0521. The average molecular weight is 379 g/mol. The molecule has 0 aromatic heterocycles. The maximum Gasteiger partial charge on any atom is 0.238 e. The van der Waals surface area contributed by atoms with Gasteiger partial charge >= 0.3 is 0 Å². The van der Waals surface area contributed by atoms with Crippen LogP contribution in [-0.2, 0) is 19.4 Å². The van der Waals surface area contributed by atoms with Gasteiger partial charge < -0.3 is 15.8 Å². The lowest BCUT2D eigenvalue weighted by atomic mass is 10.3. The summed E-state index contributed by atoms with van der Waals surface area (Å²) in [5, 5.41) is 1.41. The Morgan fingerprint density at radius 3 is 2.71 bits per heavy atom. The molecule has 1 aromatic rings. The number of nitrogens with two attached hydrogens (primary N) is 1. The standard InChI is InChI=1S/C13H19BrN2O4S/c1-9(13(17)16-6-3-7-20-2)21(18,19)12-5-4-10(15)8-11(12)14/h4-5,8-9H,3,6-7,15H2,1-2H3,(H,16,17). The Morgan fingerprint density at radius 1 is 1.48 bits per heavy atom. The summed E-state index contributed by atoms with van der Waals surface area (Å²) in [6.45, 7) is 2.24. The summed E-state index contributed by atoms with van der Waals surface area (Å²) in [6.07, 6.45) is 0.626. The van der Waals surface area contributed by atoms with Crippen molar-refractivity contribution in [3.8, 4) is 0 Å². The van der Waals surface area contributed by atoms with Crippen molar-refractivity contribution in [3.05, 3.63) is 22.7 Å². The first kappa shape index (κ1) is 17.9. The zero-order valence-electron chi connectivity index (χ0n) is 11.9. The highest BCUT2D eigenvalue weighted by molar-refractivity contribution is 9.10. The number of ether oxygens (including phenoxy) is 1. The fourth-order valence-electron chi connectivity index (χ4n) is 1.65. The smallest absolute Gasteiger partial charge is 0.238 e. The van der Waals surface area contributed by atoms with Crippen molar-refractivity contribution in [1.82, 2.24) is 5.32 Å². The van der Waals surface area contributed by atoms with Crippen molar-refractivity contribution < 1.29 is 17.9 Å². The topological polar surface area (TPSA) is 98.5 Å². The average Bonchev–Trinajstić information content (AvgIpc) is 2.42. The van der Waals surface area contributed by atoms with Crippen molar-refractivity contribution in [2.45, 2.75) is 23.5 Å². The van der Waals surface area contributed by atoms with Crippen LogP contribution in [-0.4, -0.2) is 39.8 Å². The largest absolute Gasteiger partial charge is 0.399 e. The van der Waals surface area contributed by atoms with E-state index in [1.165, 1.54) is 25.1 Å². The zero-order valence-corrected chi connectivity index (χ0v) is 14.3. The second kappa shape index (κ2) is 7.77. The number of benzene rings is 1. The van der Waals surface area contributed by atoms with E-state index in [-0.39, 0.29) is 4.90 Å². The number of nitrogen functional groups attached to an aromatic ring is 1. The highest BCUT2D eigenvalue weighted by Crippen LogP contribution is 2.27. The number of amides is 1. The monoisotopic (exact) mass is 378 g/mol. The van der Waals surface area contributed by atoms with E-state index in [1.54, 1.807) is 7.11 Å². The molecule has 0 aliphatic carbocycles. The van der Waals surface area contributed by atoms with Gasteiger partial charge in [-0.2, -0.15) is 0 Å². The predicted molar refractivity (Wildman–Crippen MR) is 84.7 cm³/mol. The molecule has 1 unspecified atom stereocenters. The van der Waals surface area contributed by atoms with Gasteiger partial charge in [0.1, 0.15) is 5.25 Å². The van der Waals surface area contributed by atoms with E-state index in [0.29, 0.717) is 29.7 Å². The Kier molecular flexibility index (Phi) is 6.63. The molecule has 0 radical (unpaired) electrons. The van der Waals surface area contributed by atoms with Crippen LogP contribution in [0.4, 0.5) is 5.69 Å². The minimum Gasteiger partial charge on any atom is -0.399 e. The molecule has 1 atom stereocenters. The first-order valence-electron chi connectivity index (χ1n) is 6.36. The van der Waals surface area contributed by atoms with E-state index >= 15 is 0 Å². The van der Waals surface area contributed by atoms with Gasteiger partial charge in [0.05, 0.1) is 4.90 Å². The van der Waals surface area contributed by atoms with Gasteiger partial charge in [-0.3, -0.25) is 4.79 Å². The third kappa shape index (κ3) is 4.69. The van der Waals surface area contributed by atoms with Crippen LogP contribution in [0.5, 0.6) is 0 Å². The molecule has 3 N–H and O–H groups in total. The Hall–Kier alpha value is -1.12. The van der Waals surface area contributed by atoms with E-state index in [4.69, 9.17) is 10.5 Å². The van der Waals surface area contributed by atoms with Crippen LogP contribution in [0.1, 0.15) is 13.3 Å². The fourth-order valence-corrected chi connectivity index (χ4v) is 4.06. The van der Waals surface area contributed by atoms with Gasteiger partial charge in [-0.1, -0.05) is 0 Å². The molecule has 1 amide bonds. The van der Waals surface area contributed by atoms with E-state index < -0.39 is 21.0 Å². The predicted octanol–water partition coefficient (Wildman–Crippen LogP) is 1.35. The molecule has 1 aromatic carbocycles. The maximum absolute atomic E-state index is 12.4. The minimum atomic E-state index is -3.77. The van der Waals surface area contributed by atoms with Gasteiger partial charge in [0.15, 0.2) is 9.84 Å². The molecule has 118 valence electrons. The van der Waals surface area contributed by atoms with E-state index in [0.717, 1.165) is 0 Å². The first-order valence-corrected chi connectivity index (χ1v) is 8.70. The van der Waals surface area contributed by atoms with Gasteiger partial charge in [0, 0.05) is 30.4 Å². The SMILES string of the molecule is COCCCNC(=O)C(C)S(=O)(=O)c1ccc(N)cc1Br. The molecule has 0 aliphatic rings. The van der Waals surface area contributed by atoms with Crippen molar-refractivity contribution >= 4 is 37.4 Å². The number of methoxy groups -OCH3 is 1. The number of nitrogens with one attached hydrogen (secondary N) is 1. The summed E-state index contributed by atoms with van der Waals surface area (Å²) in [7, 11) is -2.21. The van der Waals surface area contributed by atoms with Crippen molar-refractivity contribution in [2.24, 2.45) is 0 Å². The molecule has 1 rings (SSSR count). The van der Waals surface area contributed by atoms with Crippen molar-refractivity contribution in [2.75, 3.05) is 26.0 Å². The molecular formula is C13H19BrN2O4S. The quantitative estimate of drug-likeness (QED) is 0.551. The summed E-state index contributed by atoms with van der Waals surface area (Å²) < 4.78 is 30.1. The number of carbonyl (C=O) groups excluding carboxylic acids is 1. The fraction of sp³-hybridized carbons (Fsp3) is 0.462. The molecule has 6 nitrogen and oxygen atoms in total. The summed E-state index contributed by atoms with van der Waals surface area (Å²) in [4.78, 5) is 12.0. The Balaban J connectivity index is 2.84.